The van der Waals surface area contributed by atoms with Crippen LogP contribution in [0, 0.1) is 10.1 Å². The zero-order chi connectivity index (χ0) is 16.1. The number of nitro benzene ring substituents is 1. The number of hydrogen-bond donors (Lipinski definition) is 1. The number of hydrogen-bond acceptors (Lipinski definition) is 3. The van der Waals surface area contributed by atoms with Crippen molar-refractivity contribution in [2.75, 3.05) is 11.4 Å². The lowest BCUT2D eigenvalue weighted by Gasteiger charge is -2.19. The highest BCUT2D eigenvalue weighted by Gasteiger charge is 2.14. The molecular formula is C15H13ClN2O4. The van der Waals surface area contributed by atoms with Gasteiger partial charge in [-0.2, -0.15) is 0 Å². The van der Waals surface area contributed by atoms with Crippen molar-refractivity contribution >= 4 is 29.1 Å². The Morgan fingerprint density at radius 3 is 2.23 bits per heavy atom. The second kappa shape index (κ2) is 6.91. The van der Waals surface area contributed by atoms with E-state index in [0.29, 0.717) is 17.1 Å². The number of carbonyl (C=O) groups is 1. The largest absolute Gasteiger partial charge is 0.465 e. The van der Waals surface area contributed by atoms with E-state index in [1.54, 1.807) is 36.4 Å². The van der Waals surface area contributed by atoms with E-state index in [-0.39, 0.29) is 12.2 Å². The molecule has 0 fully saturated rings. The fraction of sp³-hybridized carbons (Fsp3) is 0.133. The number of nitrogens with zero attached hydrogens (tertiary/aromatic N) is 2. The fourth-order valence-electron chi connectivity index (χ4n) is 1.98. The number of amides is 1. The van der Waals surface area contributed by atoms with Crippen LogP contribution in [0.4, 0.5) is 16.2 Å². The lowest BCUT2D eigenvalue weighted by Crippen LogP contribution is -2.31. The zero-order valence-corrected chi connectivity index (χ0v) is 12.2. The maximum Gasteiger partial charge on any atom is 0.411 e. The maximum atomic E-state index is 11.4. The molecule has 0 heterocycles. The molecule has 7 heteroatoms. The van der Waals surface area contributed by atoms with Gasteiger partial charge in [-0.1, -0.05) is 23.7 Å². The molecule has 0 atom stereocenters. The molecule has 1 amide bonds. The Hall–Kier alpha value is -2.60. The van der Waals surface area contributed by atoms with E-state index in [4.69, 9.17) is 11.6 Å². The van der Waals surface area contributed by atoms with Gasteiger partial charge in [0, 0.05) is 29.4 Å². The predicted molar refractivity (Wildman–Crippen MR) is 83.6 cm³/mol. The summed E-state index contributed by atoms with van der Waals surface area (Å²) in [6, 6.07) is 12.6. The molecule has 6 nitrogen and oxygen atoms in total. The van der Waals surface area contributed by atoms with Crippen LogP contribution in [0.3, 0.4) is 0 Å². The van der Waals surface area contributed by atoms with Crippen molar-refractivity contribution in [2.45, 2.75) is 6.42 Å². The summed E-state index contributed by atoms with van der Waals surface area (Å²) < 4.78 is 0. The highest BCUT2D eigenvalue weighted by molar-refractivity contribution is 6.30. The lowest BCUT2D eigenvalue weighted by atomic mass is 10.1. The van der Waals surface area contributed by atoms with Crippen LogP contribution in [0.5, 0.6) is 0 Å². The van der Waals surface area contributed by atoms with Crippen molar-refractivity contribution in [1.82, 2.24) is 0 Å². The average molecular weight is 321 g/mol. The molecule has 1 N–H and O–H groups in total. The molecule has 0 spiro atoms. The van der Waals surface area contributed by atoms with Crippen LogP contribution in [0.1, 0.15) is 5.56 Å². The fourth-order valence-corrected chi connectivity index (χ4v) is 2.11. The van der Waals surface area contributed by atoms with Gasteiger partial charge in [0.2, 0.25) is 0 Å². The van der Waals surface area contributed by atoms with E-state index in [9.17, 15) is 20.0 Å². The molecule has 0 aliphatic rings. The monoisotopic (exact) mass is 320 g/mol. The first-order valence-corrected chi connectivity index (χ1v) is 6.84. The number of nitro groups is 1. The van der Waals surface area contributed by atoms with Crippen molar-refractivity contribution in [3.8, 4) is 0 Å². The Morgan fingerprint density at radius 2 is 1.73 bits per heavy atom. The van der Waals surface area contributed by atoms with E-state index >= 15 is 0 Å². The third-order valence-electron chi connectivity index (χ3n) is 3.14. The van der Waals surface area contributed by atoms with Crippen LogP contribution in [0.25, 0.3) is 0 Å². The summed E-state index contributed by atoms with van der Waals surface area (Å²) in [4.78, 5) is 22.7. The van der Waals surface area contributed by atoms with E-state index in [1.165, 1.54) is 17.0 Å². The summed E-state index contributed by atoms with van der Waals surface area (Å²) in [5.41, 5.74) is 1.36. The molecule has 2 rings (SSSR count). The van der Waals surface area contributed by atoms with Gasteiger partial charge >= 0.3 is 6.09 Å². The molecule has 22 heavy (non-hydrogen) atoms. The molecule has 0 radical (unpaired) electrons. The molecule has 0 aliphatic heterocycles. The van der Waals surface area contributed by atoms with Gasteiger partial charge in [0.1, 0.15) is 0 Å². The van der Waals surface area contributed by atoms with Crippen LogP contribution in [-0.4, -0.2) is 22.7 Å². The van der Waals surface area contributed by atoms with Crippen molar-refractivity contribution in [1.29, 1.82) is 0 Å². The van der Waals surface area contributed by atoms with E-state index in [1.807, 2.05) is 0 Å². The van der Waals surface area contributed by atoms with Crippen LogP contribution >= 0.6 is 11.6 Å². The minimum absolute atomic E-state index is 0.0107. The second-order valence-corrected chi connectivity index (χ2v) is 5.02. The van der Waals surface area contributed by atoms with Gasteiger partial charge in [-0.25, -0.2) is 4.79 Å². The minimum Gasteiger partial charge on any atom is -0.465 e. The Balaban J connectivity index is 2.07. The Morgan fingerprint density at radius 1 is 1.14 bits per heavy atom. The van der Waals surface area contributed by atoms with Crippen molar-refractivity contribution < 1.29 is 14.8 Å². The third kappa shape index (κ3) is 3.95. The molecule has 0 aliphatic carbocycles. The lowest BCUT2D eigenvalue weighted by molar-refractivity contribution is -0.384. The maximum absolute atomic E-state index is 11.4. The second-order valence-electron chi connectivity index (χ2n) is 4.58. The molecule has 0 saturated carbocycles. The summed E-state index contributed by atoms with van der Waals surface area (Å²) in [5.74, 6) is 0. The molecule has 0 bridgehead atoms. The van der Waals surface area contributed by atoms with Gasteiger partial charge in [0.15, 0.2) is 0 Å². The number of benzene rings is 2. The Labute approximate surface area is 131 Å². The number of carboxylic acid groups (broad SMARTS) is 1. The van der Waals surface area contributed by atoms with Gasteiger partial charge in [-0.15, -0.1) is 0 Å². The summed E-state index contributed by atoms with van der Waals surface area (Å²) >= 11 is 5.79. The zero-order valence-electron chi connectivity index (χ0n) is 11.5. The number of non-ortho nitro benzene ring substituents is 1. The highest BCUT2D eigenvalue weighted by Crippen LogP contribution is 2.19. The van der Waals surface area contributed by atoms with E-state index in [0.717, 1.165) is 5.56 Å². The quantitative estimate of drug-likeness (QED) is 0.667. The molecule has 0 unspecified atom stereocenters. The van der Waals surface area contributed by atoms with Gasteiger partial charge in [-0.05, 0) is 36.2 Å². The predicted octanol–water partition coefficient (Wildman–Crippen LogP) is 3.98. The van der Waals surface area contributed by atoms with Crippen molar-refractivity contribution in [3.63, 3.8) is 0 Å². The van der Waals surface area contributed by atoms with Gasteiger partial charge in [-0.3, -0.25) is 15.0 Å². The number of anilines is 1. The van der Waals surface area contributed by atoms with Gasteiger partial charge < -0.3 is 5.11 Å². The molecular weight excluding hydrogens is 308 g/mol. The van der Waals surface area contributed by atoms with E-state index in [2.05, 4.69) is 0 Å². The molecule has 2 aromatic rings. The summed E-state index contributed by atoms with van der Waals surface area (Å²) in [5, 5.41) is 20.4. The molecule has 0 saturated heterocycles. The average Bonchev–Trinajstić information content (AvgIpc) is 2.49. The molecule has 2 aromatic carbocycles. The highest BCUT2D eigenvalue weighted by atomic mass is 35.5. The van der Waals surface area contributed by atoms with Gasteiger partial charge in [0.05, 0.1) is 4.92 Å². The third-order valence-corrected chi connectivity index (χ3v) is 3.39. The smallest absolute Gasteiger partial charge is 0.411 e. The first-order chi connectivity index (χ1) is 10.5. The molecule has 114 valence electrons. The van der Waals surface area contributed by atoms with E-state index < -0.39 is 11.0 Å². The van der Waals surface area contributed by atoms with Crippen molar-refractivity contribution in [3.05, 3.63) is 69.2 Å². The SMILES string of the molecule is O=C(O)N(CCc1ccc([N+](=O)[O-])cc1)c1ccc(Cl)cc1. The first-order valence-electron chi connectivity index (χ1n) is 6.47. The standard InChI is InChI=1S/C15H13ClN2O4/c16-12-3-7-13(8-4-12)17(15(19)20)10-9-11-1-5-14(6-2-11)18(21)22/h1-8H,9-10H2,(H,19,20). The summed E-state index contributed by atoms with van der Waals surface area (Å²) in [6.45, 7) is 0.245. The van der Waals surface area contributed by atoms with Crippen molar-refractivity contribution in [2.24, 2.45) is 0 Å². The van der Waals surface area contributed by atoms with Crippen LogP contribution in [0.2, 0.25) is 5.02 Å². The van der Waals surface area contributed by atoms with Crippen LogP contribution in [-0.2, 0) is 6.42 Å². The van der Waals surface area contributed by atoms with Gasteiger partial charge in [0.25, 0.3) is 5.69 Å². The summed E-state index contributed by atoms with van der Waals surface area (Å²) in [7, 11) is 0. The summed E-state index contributed by atoms with van der Waals surface area (Å²) in [6.07, 6.45) is -0.614. The first kappa shape index (κ1) is 15.8. The minimum atomic E-state index is -1.07. The van der Waals surface area contributed by atoms with Crippen LogP contribution < -0.4 is 4.90 Å². The van der Waals surface area contributed by atoms with Crippen LogP contribution in [0.15, 0.2) is 48.5 Å². The number of rotatable bonds is 5. The molecule has 0 aromatic heterocycles. The normalized spacial score (nSPS) is 10.2. The Bertz CT molecular complexity index is 671. The number of halogens is 1. The topological polar surface area (TPSA) is 83.7 Å². The Kier molecular flexibility index (Phi) is 4.95.